The predicted octanol–water partition coefficient (Wildman–Crippen LogP) is 5.27. The van der Waals surface area contributed by atoms with Crippen LogP contribution in [-0.2, 0) is 12.0 Å². The van der Waals surface area contributed by atoms with Crippen LogP contribution in [0.2, 0.25) is 5.02 Å². The smallest absolute Gasteiger partial charge is 0.149 e. The van der Waals surface area contributed by atoms with Gasteiger partial charge in [0.1, 0.15) is 11.4 Å². The number of fused-ring (bicyclic) bond motifs is 1. The first-order valence-corrected chi connectivity index (χ1v) is 8.43. The highest BCUT2D eigenvalue weighted by atomic mass is 35.5. The largest absolute Gasteiger partial charge is 0.481 e. The van der Waals surface area contributed by atoms with Gasteiger partial charge in [-0.15, -0.1) is 11.3 Å². The molecule has 0 amide bonds. The van der Waals surface area contributed by atoms with Crippen molar-refractivity contribution in [2.24, 2.45) is 0 Å². The molecule has 1 atom stereocenters. The molecule has 0 saturated heterocycles. The molecule has 1 aliphatic rings. The van der Waals surface area contributed by atoms with Gasteiger partial charge in [0.15, 0.2) is 0 Å². The molecule has 1 aliphatic heterocycles. The van der Waals surface area contributed by atoms with Gasteiger partial charge < -0.3 is 4.74 Å². The molecule has 2 aromatic rings. The predicted molar refractivity (Wildman–Crippen MR) is 88.8 cm³/mol. The Labute approximate surface area is 135 Å². The Balaban J connectivity index is 2.10. The van der Waals surface area contributed by atoms with E-state index in [1.54, 1.807) is 11.3 Å². The minimum absolute atomic E-state index is 0.357. The number of hydrogen-bond donors (Lipinski definition) is 0. The topological polar surface area (TPSA) is 22.1 Å². The monoisotopic (exact) mass is 321 g/mol. The average Bonchev–Trinajstić information content (AvgIpc) is 2.76. The number of ether oxygens (including phenoxy) is 1. The van der Waals surface area contributed by atoms with Gasteiger partial charge in [-0.2, -0.15) is 0 Å². The van der Waals surface area contributed by atoms with Gasteiger partial charge in [-0.1, -0.05) is 11.6 Å². The first kappa shape index (κ1) is 14.9. The minimum Gasteiger partial charge on any atom is -0.481 e. The van der Waals surface area contributed by atoms with Gasteiger partial charge in [-0.3, -0.25) is 0 Å². The molecule has 0 aliphatic carbocycles. The second kappa shape index (κ2) is 4.99. The van der Waals surface area contributed by atoms with E-state index in [0.717, 1.165) is 39.9 Å². The van der Waals surface area contributed by atoms with E-state index in [1.165, 1.54) is 16.0 Å². The maximum Gasteiger partial charge on any atom is 0.149 e. The quantitative estimate of drug-likeness (QED) is 0.713. The molecule has 4 heteroatoms. The van der Waals surface area contributed by atoms with Crippen LogP contribution in [0.25, 0.3) is 0 Å². The van der Waals surface area contributed by atoms with E-state index in [-0.39, 0.29) is 5.60 Å². The van der Waals surface area contributed by atoms with E-state index in [1.807, 2.05) is 13.0 Å². The second-order valence-electron chi connectivity index (χ2n) is 6.08. The van der Waals surface area contributed by atoms with Crippen LogP contribution in [0, 0.1) is 27.7 Å². The van der Waals surface area contributed by atoms with Crippen molar-refractivity contribution in [3.05, 3.63) is 43.4 Å². The first-order chi connectivity index (χ1) is 9.82. The third kappa shape index (κ3) is 2.36. The lowest BCUT2D eigenvalue weighted by molar-refractivity contribution is 0.0571. The summed E-state index contributed by atoms with van der Waals surface area (Å²) in [4.78, 5) is 5.96. The number of hydrogen-bond acceptors (Lipinski definition) is 3. The number of thiazole rings is 1. The fourth-order valence-corrected chi connectivity index (χ4v) is 4.38. The number of aromatic nitrogens is 1. The molecule has 112 valence electrons. The van der Waals surface area contributed by atoms with Crippen molar-refractivity contribution >= 4 is 22.9 Å². The van der Waals surface area contributed by atoms with Gasteiger partial charge in [0.25, 0.3) is 0 Å². The Morgan fingerprint density at radius 1 is 1.29 bits per heavy atom. The lowest BCUT2D eigenvalue weighted by Crippen LogP contribution is -2.35. The molecular weight excluding hydrogens is 302 g/mol. The van der Waals surface area contributed by atoms with Crippen molar-refractivity contribution in [3.8, 4) is 5.75 Å². The molecule has 0 fully saturated rings. The Kier molecular flexibility index (Phi) is 3.53. The molecule has 1 aromatic heterocycles. The van der Waals surface area contributed by atoms with Crippen LogP contribution < -0.4 is 4.74 Å². The van der Waals surface area contributed by atoms with E-state index in [2.05, 4.69) is 27.7 Å². The van der Waals surface area contributed by atoms with E-state index in [9.17, 15) is 0 Å². The van der Waals surface area contributed by atoms with Crippen LogP contribution in [0.5, 0.6) is 5.75 Å². The molecule has 21 heavy (non-hydrogen) atoms. The molecule has 0 bridgehead atoms. The third-order valence-corrected chi connectivity index (χ3v) is 5.65. The van der Waals surface area contributed by atoms with Crippen molar-refractivity contribution < 1.29 is 4.74 Å². The van der Waals surface area contributed by atoms with Gasteiger partial charge >= 0.3 is 0 Å². The Hall–Kier alpha value is -1.06. The van der Waals surface area contributed by atoms with Crippen LogP contribution in [0.4, 0.5) is 0 Å². The zero-order valence-electron chi connectivity index (χ0n) is 13.1. The molecule has 2 heterocycles. The highest BCUT2D eigenvalue weighted by Crippen LogP contribution is 2.45. The summed E-state index contributed by atoms with van der Waals surface area (Å²) >= 11 is 8.14. The Morgan fingerprint density at radius 3 is 2.62 bits per heavy atom. The maximum atomic E-state index is 6.45. The number of benzene rings is 1. The third-order valence-electron chi connectivity index (χ3n) is 4.42. The van der Waals surface area contributed by atoms with Crippen molar-refractivity contribution in [3.63, 3.8) is 0 Å². The molecule has 0 N–H and O–H groups in total. The van der Waals surface area contributed by atoms with E-state index in [0.29, 0.717) is 0 Å². The standard InChI is InChI=1S/C17H20ClNOS/c1-9-8-14(18)13-6-7-17(5,20-15(13)10(9)2)16-11(3)21-12(4)19-16/h8H,6-7H2,1-5H3. The van der Waals surface area contributed by atoms with Crippen LogP contribution in [0.3, 0.4) is 0 Å². The number of rotatable bonds is 1. The van der Waals surface area contributed by atoms with Crippen LogP contribution in [0.1, 0.15) is 45.6 Å². The summed E-state index contributed by atoms with van der Waals surface area (Å²) in [6.45, 7) is 10.5. The average molecular weight is 322 g/mol. The summed E-state index contributed by atoms with van der Waals surface area (Å²) < 4.78 is 6.45. The van der Waals surface area contributed by atoms with Crippen LogP contribution >= 0.6 is 22.9 Å². The SMILES string of the molecule is Cc1nc(C2(C)CCc3c(Cl)cc(C)c(C)c3O2)c(C)s1. The molecular formula is C17H20ClNOS. The van der Waals surface area contributed by atoms with Gasteiger partial charge in [0.05, 0.1) is 10.7 Å². The van der Waals surface area contributed by atoms with Gasteiger partial charge in [-0.05, 0) is 64.7 Å². The normalized spacial score (nSPS) is 21.0. The Morgan fingerprint density at radius 2 is 2.00 bits per heavy atom. The molecule has 0 spiro atoms. The molecule has 1 unspecified atom stereocenters. The highest BCUT2D eigenvalue weighted by Gasteiger charge is 2.38. The van der Waals surface area contributed by atoms with E-state index in [4.69, 9.17) is 21.3 Å². The molecule has 3 rings (SSSR count). The second-order valence-corrected chi connectivity index (χ2v) is 7.89. The van der Waals surface area contributed by atoms with E-state index < -0.39 is 0 Å². The zero-order chi connectivity index (χ0) is 15.4. The number of nitrogens with zero attached hydrogens (tertiary/aromatic N) is 1. The molecule has 0 radical (unpaired) electrons. The van der Waals surface area contributed by atoms with Crippen LogP contribution in [-0.4, -0.2) is 4.98 Å². The zero-order valence-corrected chi connectivity index (χ0v) is 14.7. The van der Waals surface area contributed by atoms with Crippen molar-refractivity contribution in [1.29, 1.82) is 0 Å². The fourth-order valence-electron chi connectivity index (χ4n) is 3.10. The summed E-state index contributed by atoms with van der Waals surface area (Å²) in [7, 11) is 0. The molecule has 2 nitrogen and oxygen atoms in total. The van der Waals surface area contributed by atoms with Gasteiger partial charge in [-0.25, -0.2) is 4.98 Å². The van der Waals surface area contributed by atoms with Gasteiger partial charge in [0, 0.05) is 15.5 Å². The maximum absolute atomic E-state index is 6.45. The van der Waals surface area contributed by atoms with Crippen molar-refractivity contribution in [1.82, 2.24) is 4.98 Å². The van der Waals surface area contributed by atoms with E-state index >= 15 is 0 Å². The minimum atomic E-state index is -0.357. The van der Waals surface area contributed by atoms with Gasteiger partial charge in [0.2, 0.25) is 0 Å². The lowest BCUT2D eigenvalue weighted by Gasteiger charge is -2.36. The summed E-state index contributed by atoms with van der Waals surface area (Å²) in [6.07, 6.45) is 1.84. The van der Waals surface area contributed by atoms with Crippen LogP contribution in [0.15, 0.2) is 6.07 Å². The highest BCUT2D eigenvalue weighted by molar-refractivity contribution is 7.11. The lowest BCUT2D eigenvalue weighted by atomic mass is 9.87. The number of halogens is 1. The number of aryl methyl sites for hydroxylation is 3. The first-order valence-electron chi connectivity index (χ1n) is 7.24. The summed E-state index contributed by atoms with van der Waals surface area (Å²) in [5, 5.41) is 1.92. The molecule has 1 aromatic carbocycles. The fraction of sp³-hybridized carbons (Fsp3) is 0.471. The summed E-state index contributed by atoms with van der Waals surface area (Å²) in [5.74, 6) is 0.957. The molecule has 0 saturated carbocycles. The van der Waals surface area contributed by atoms with Crippen molar-refractivity contribution in [2.75, 3.05) is 0 Å². The summed E-state index contributed by atoms with van der Waals surface area (Å²) in [5.41, 5.74) is 4.22. The van der Waals surface area contributed by atoms with Crippen molar-refractivity contribution in [2.45, 2.75) is 53.1 Å². The summed E-state index contributed by atoms with van der Waals surface area (Å²) in [6, 6.07) is 2.04. The Bertz CT molecular complexity index is 722.